The fraction of sp³-hybridized carbons (Fsp3) is 0.643. The van der Waals surface area contributed by atoms with Crippen LogP contribution in [0.15, 0.2) is 12.4 Å². The van der Waals surface area contributed by atoms with Crippen molar-refractivity contribution < 1.29 is 9.53 Å². The highest BCUT2D eigenvalue weighted by Gasteiger charge is 2.13. The molecule has 1 aromatic rings. The monoisotopic (exact) mass is 265 g/mol. The molecule has 5 nitrogen and oxygen atoms in total. The van der Waals surface area contributed by atoms with Crippen LogP contribution in [-0.4, -0.2) is 35.6 Å². The Bertz CT molecular complexity index is 396. The van der Waals surface area contributed by atoms with Crippen molar-refractivity contribution in [3.05, 3.63) is 18.1 Å². The first kappa shape index (κ1) is 15.4. The van der Waals surface area contributed by atoms with Crippen LogP contribution in [0.4, 0.5) is 5.82 Å². The lowest BCUT2D eigenvalue weighted by Gasteiger charge is -2.22. The number of carbonyl (C=O) groups is 1. The van der Waals surface area contributed by atoms with E-state index in [0.717, 1.165) is 37.3 Å². The first-order valence-corrected chi connectivity index (χ1v) is 6.92. The number of hydrogen-bond donors (Lipinski definition) is 0. The maximum Gasteiger partial charge on any atom is 0.325 e. The summed E-state index contributed by atoms with van der Waals surface area (Å²) in [6.45, 7) is 7.43. The summed E-state index contributed by atoms with van der Waals surface area (Å²) >= 11 is 0. The molecule has 0 saturated carbocycles. The zero-order chi connectivity index (χ0) is 14.1. The number of hydrogen-bond acceptors (Lipinski definition) is 5. The van der Waals surface area contributed by atoms with Crippen LogP contribution in [0.3, 0.4) is 0 Å². The third-order valence-electron chi connectivity index (χ3n) is 2.66. The highest BCUT2D eigenvalue weighted by Crippen LogP contribution is 2.12. The van der Waals surface area contributed by atoms with E-state index >= 15 is 0 Å². The van der Waals surface area contributed by atoms with Crippen molar-refractivity contribution in [3.63, 3.8) is 0 Å². The van der Waals surface area contributed by atoms with Gasteiger partial charge in [-0.2, -0.15) is 0 Å². The molecule has 0 bridgehead atoms. The van der Waals surface area contributed by atoms with Gasteiger partial charge in [-0.3, -0.25) is 4.79 Å². The minimum Gasteiger partial charge on any atom is -0.465 e. The van der Waals surface area contributed by atoms with E-state index in [2.05, 4.69) is 23.8 Å². The molecule has 19 heavy (non-hydrogen) atoms. The smallest absolute Gasteiger partial charge is 0.325 e. The number of rotatable bonds is 8. The number of ether oxygens (including phenoxy) is 1. The zero-order valence-electron chi connectivity index (χ0n) is 12.1. The molecule has 0 N–H and O–H groups in total. The van der Waals surface area contributed by atoms with Gasteiger partial charge in [-0.05, 0) is 19.8 Å². The second kappa shape index (κ2) is 8.45. The van der Waals surface area contributed by atoms with E-state index in [4.69, 9.17) is 4.74 Å². The second-order valence-corrected chi connectivity index (χ2v) is 4.34. The van der Waals surface area contributed by atoms with E-state index < -0.39 is 0 Å². The molecule has 0 amide bonds. The van der Waals surface area contributed by atoms with E-state index in [0.29, 0.717) is 6.61 Å². The molecular weight excluding hydrogens is 242 g/mol. The minimum atomic E-state index is -0.216. The van der Waals surface area contributed by atoms with Crippen molar-refractivity contribution in [2.75, 3.05) is 24.6 Å². The molecule has 0 aliphatic rings. The van der Waals surface area contributed by atoms with E-state index in [-0.39, 0.29) is 12.5 Å². The van der Waals surface area contributed by atoms with Crippen LogP contribution in [0.1, 0.15) is 39.3 Å². The van der Waals surface area contributed by atoms with Gasteiger partial charge >= 0.3 is 5.97 Å². The lowest BCUT2D eigenvalue weighted by molar-refractivity contribution is -0.141. The largest absolute Gasteiger partial charge is 0.465 e. The van der Waals surface area contributed by atoms with Crippen LogP contribution in [0, 0.1) is 0 Å². The number of aryl methyl sites for hydroxylation is 1. The molecule has 0 atom stereocenters. The standard InChI is InChI=1S/C14H23N3O2/c1-4-7-12-9-13(16-11-15-12)17(8-5-2)10-14(18)19-6-3/h9,11H,4-8,10H2,1-3H3. The van der Waals surface area contributed by atoms with Gasteiger partial charge in [0, 0.05) is 18.3 Å². The lowest BCUT2D eigenvalue weighted by atomic mass is 10.2. The van der Waals surface area contributed by atoms with Gasteiger partial charge in [0.05, 0.1) is 6.61 Å². The molecule has 1 rings (SSSR count). The molecule has 0 aromatic carbocycles. The first-order valence-electron chi connectivity index (χ1n) is 6.92. The van der Waals surface area contributed by atoms with Crippen LogP contribution in [0.25, 0.3) is 0 Å². The Kier molecular flexibility index (Phi) is 6.85. The number of carbonyl (C=O) groups excluding carboxylic acids is 1. The molecule has 0 radical (unpaired) electrons. The molecule has 0 aliphatic heterocycles. The molecule has 0 aliphatic carbocycles. The van der Waals surface area contributed by atoms with E-state index in [1.54, 1.807) is 6.33 Å². The normalized spacial score (nSPS) is 10.3. The third kappa shape index (κ3) is 5.24. The van der Waals surface area contributed by atoms with E-state index in [1.807, 2.05) is 17.9 Å². The predicted octanol–water partition coefficient (Wildman–Crippen LogP) is 2.21. The molecule has 1 aromatic heterocycles. The van der Waals surface area contributed by atoms with Crippen LogP contribution < -0.4 is 4.90 Å². The van der Waals surface area contributed by atoms with Gasteiger partial charge in [0.2, 0.25) is 0 Å². The number of anilines is 1. The number of esters is 1. The summed E-state index contributed by atoms with van der Waals surface area (Å²) in [5, 5.41) is 0. The molecule has 0 saturated heterocycles. The SMILES string of the molecule is CCCc1cc(N(CCC)CC(=O)OCC)ncn1. The van der Waals surface area contributed by atoms with Crippen molar-refractivity contribution in [2.45, 2.75) is 40.0 Å². The van der Waals surface area contributed by atoms with Crippen molar-refractivity contribution in [1.82, 2.24) is 9.97 Å². The molecule has 1 heterocycles. The Hall–Kier alpha value is -1.65. The molecular formula is C14H23N3O2. The van der Waals surface area contributed by atoms with Gasteiger partial charge in [-0.15, -0.1) is 0 Å². The first-order chi connectivity index (χ1) is 9.21. The summed E-state index contributed by atoms with van der Waals surface area (Å²) < 4.78 is 4.99. The number of aromatic nitrogens is 2. The predicted molar refractivity (Wildman–Crippen MR) is 75.2 cm³/mol. The average molecular weight is 265 g/mol. The molecule has 5 heteroatoms. The maximum atomic E-state index is 11.6. The van der Waals surface area contributed by atoms with Gasteiger partial charge in [0.25, 0.3) is 0 Å². The number of nitrogens with zero attached hydrogens (tertiary/aromatic N) is 3. The Labute approximate surface area is 115 Å². The lowest BCUT2D eigenvalue weighted by Crippen LogP contribution is -2.32. The van der Waals surface area contributed by atoms with Gasteiger partial charge < -0.3 is 9.64 Å². The van der Waals surface area contributed by atoms with Crippen LogP contribution in [0.5, 0.6) is 0 Å². The molecule has 0 spiro atoms. The summed E-state index contributed by atoms with van der Waals surface area (Å²) in [5.74, 6) is 0.583. The summed E-state index contributed by atoms with van der Waals surface area (Å²) in [6, 6.07) is 1.96. The van der Waals surface area contributed by atoms with Gasteiger partial charge in [0.1, 0.15) is 18.7 Å². The highest BCUT2D eigenvalue weighted by molar-refractivity contribution is 5.75. The van der Waals surface area contributed by atoms with E-state index in [1.165, 1.54) is 0 Å². The third-order valence-corrected chi connectivity index (χ3v) is 2.66. The van der Waals surface area contributed by atoms with E-state index in [9.17, 15) is 4.79 Å². The summed E-state index contributed by atoms with van der Waals surface area (Å²) in [5.41, 5.74) is 1.01. The summed E-state index contributed by atoms with van der Waals surface area (Å²) in [7, 11) is 0. The van der Waals surface area contributed by atoms with Gasteiger partial charge in [-0.1, -0.05) is 20.3 Å². The molecule has 0 fully saturated rings. The van der Waals surface area contributed by atoms with Crippen molar-refractivity contribution in [1.29, 1.82) is 0 Å². The molecule has 106 valence electrons. The molecule has 0 unspecified atom stereocenters. The van der Waals surface area contributed by atoms with Crippen molar-refractivity contribution in [3.8, 4) is 0 Å². The zero-order valence-corrected chi connectivity index (χ0v) is 12.1. The summed E-state index contributed by atoms with van der Waals surface area (Å²) in [4.78, 5) is 22.0. The Morgan fingerprint density at radius 3 is 2.68 bits per heavy atom. The fourth-order valence-corrected chi connectivity index (χ4v) is 1.86. The maximum absolute atomic E-state index is 11.6. The quantitative estimate of drug-likeness (QED) is 0.674. The van der Waals surface area contributed by atoms with Gasteiger partial charge in [-0.25, -0.2) is 9.97 Å². The topological polar surface area (TPSA) is 55.3 Å². The van der Waals surface area contributed by atoms with Crippen molar-refractivity contribution >= 4 is 11.8 Å². The van der Waals surface area contributed by atoms with Crippen LogP contribution in [-0.2, 0) is 16.0 Å². The highest BCUT2D eigenvalue weighted by atomic mass is 16.5. The Morgan fingerprint density at radius 1 is 1.26 bits per heavy atom. The Morgan fingerprint density at radius 2 is 2.05 bits per heavy atom. The average Bonchev–Trinajstić information content (AvgIpc) is 2.39. The fourth-order valence-electron chi connectivity index (χ4n) is 1.86. The van der Waals surface area contributed by atoms with Crippen LogP contribution >= 0.6 is 0 Å². The Balaban J connectivity index is 2.79. The second-order valence-electron chi connectivity index (χ2n) is 4.34. The van der Waals surface area contributed by atoms with Crippen LogP contribution in [0.2, 0.25) is 0 Å². The van der Waals surface area contributed by atoms with Crippen molar-refractivity contribution in [2.24, 2.45) is 0 Å². The summed E-state index contributed by atoms with van der Waals surface area (Å²) in [6.07, 6.45) is 4.48. The van der Waals surface area contributed by atoms with Gasteiger partial charge in [0.15, 0.2) is 0 Å². The minimum absolute atomic E-state index is 0.216.